The quantitative estimate of drug-likeness (QED) is 0.712. The summed E-state index contributed by atoms with van der Waals surface area (Å²) in [6.45, 7) is 0. The van der Waals surface area contributed by atoms with E-state index in [0.29, 0.717) is 11.4 Å². The van der Waals surface area contributed by atoms with Crippen molar-refractivity contribution in [3.63, 3.8) is 0 Å². The summed E-state index contributed by atoms with van der Waals surface area (Å²) in [5.74, 6) is 4.63. The SMILES string of the molecule is OB(O)c1cccc(C2[C@H]3CC4C[C@@H]2C43)c1. The minimum absolute atomic E-state index is 0.635. The average molecular weight is 214 g/mol. The highest BCUT2D eigenvalue weighted by Crippen LogP contribution is 2.75. The summed E-state index contributed by atoms with van der Waals surface area (Å²) in [5.41, 5.74) is 1.96. The van der Waals surface area contributed by atoms with Gasteiger partial charge in [0.25, 0.3) is 0 Å². The normalized spacial score (nSPS) is 42.5. The maximum atomic E-state index is 9.18. The summed E-state index contributed by atoms with van der Waals surface area (Å²) >= 11 is 0. The van der Waals surface area contributed by atoms with Gasteiger partial charge < -0.3 is 10.0 Å². The van der Waals surface area contributed by atoms with Crippen molar-refractivity contribution >= 4 is 12.6 Å². The highest BCUT2D eigenvalue weighted by molar-refractivity contribution is 6.58. The molecule has 0 spiro atoms. The molecule has 0 bridgehead atoms. The van der Waals surface area contributed by atoms with E-state index in [-0.39, 0.29) is 0 Å². The van der Waals surface area contributed by atoms with E-state index in [2.05, 4.69) is 6.07 Å². The minimum atomic E-state index is -1.33. The standard InChI is InChI=1S/C13H15BO2/c15-14(16)9-3-1-2-7(4-9)12-10-5-8-6-11(12)13(8)10/h1-4,8,10-13,15-16H,5-6H2/t8?,10-,11+,12?,13?. The van der Waals surface area contributed by atoms with Crippen LogP contribution in [-0.2, 0) is 0 Å². The van der Waals surface area contributed by atoms with Crippen molar-refractivity contribution in [2.75, 3.05) is 0 Å². The Morgan fingerprint density at radius 2 is 1.88 bits per heavy atom. The lowest BCUT2D eigenvalue weighted by Gasteiger charge is -2.73. The topological polar surface area (TPSA) is 40.5 Å². The molecule has 3 saturated carbocycles. The summed E-state index contributed by atoms with van der Waals surface area (Å²) in [6.07, 6.45) is 2.83. The van der Waals surface area contributed by atoms with Gasteiger partial charge in [-0.25, -0.2) is 0 Å². The lowest BCUT2D eigenvalue weighted by molar-refractivity contribution is -0.214. The molecular formula is C13H15BO2. The fourth-order valence-corrected chi connectivity index (χ4v) is 4.41. The van der Waals surface area contributed by atoms with Crippen molar-refractivity contribution in [1.29, 1.82) is 0 Å². The zero-order valence-electron chi connectivity index (χ0n) is 9.08. The van der Waals surface area contributed by atoms with Crippen LogP contribution in [-0.4, -0.2) is 17.2 Å². The van der Waals surface area contributed by atoms with Gasteiger partial charge in [-0.15, -0.1) is 0 Å². The van der Waals surface area contributed by atoms with E-state index in [4.69, 9.17) is 0 Å². The fourth-order valence-electron chi connectivity index (χ4n) is 4.41. The van der Waals surface area contributed by atoms with Gasteiger partial charge in [0.05, 0.1) is 0 Å². The van der Waals surface area contributed by atoms with Crippen LogP contribution in [0.2, 0.25) is 0 Å². The molecule has 1 aromatic rings. The molecule has 3 aliphatic rings. The molecule has 2 N–H and O–H groups in total. The minimum Gasteiger partial charge on any atom is -0.423 e. The second kappa shape index (κ2) is 2.90. The monoisotopic (exact) mass is 214 g/mol. The van der Waals surface area contributed by atoms with Crippen LogP contribution < -0.4 is 5.46 Å². The molecule has 3 aliphatic carbocycles. The zero-order valence-corrected chi connectivity index (χ0v) is 9.08. The van der Waals surface area contributed by atoms with E-state index in [1.165, 1.54) is 18.4 Å². The Labute approximate surface area is 95.4 Å². The summed E-state index contributed by atoms with van der Waals surface area (Å²) in [6, 6.07) is 7.87. The third-order valence-electron chi connectivity index (χ3n) is 5.20. The van der Waals surface area contributed by atoms with Crippen molar-refractivity contribution < 1.29 is 10.0 Å². The Kier molecular flexibility index (Phi) is 1.68. The van der Waals surface area contributed by atoms with Crippen LogP contribution in [0.5, 0.6) is 0 Å². The summed E-state index contributed by atoms with van der Waals surface area (Å²) in [4.78, 5) is 0. The predicted molar refractivity (Wildman–Crippen MR) is 62.2 cm³/mol. The second-order valence-electron chi connectivity index (χ2n) is 5.71. The molecule has 0 saturated heterocycles. The van der Waals surface area contributed by atoms with E-state index in [0.717, 1.165) is 23.7 Å². The first-order chi connectivity index (χ1) is 7.75. The van der Waals surface area contributed by atoms with E-state index >= 15 is 0 Å². The highest BCUT2D eigenvalue weighted by Gasteiger charge is 2.67. The molecule has 0 heterocycles. The lowest BCUT2D eigenvalue weighted by atomic mass is 9.31. The van der Waals surface area contributed by atoms with Gasteiger partial charge in [-0.1, -0.05) is 24.3 Å². The first-order valence-corrected chi connectivity index (χ1v) is 6.21. The van der Waals surface area contributed by atoms with Crippen molar-refractivity contribution in [2.45, 2.75) is 18.8 Å². The van der Waals surface area contributed by atoms with Crippen LogP contribution in [0.3, 0.4) is 0 Å². The Morgan fingerprint density at radius 3 is 2.44 bits per heavy atom. The van der Waals surface area contributed by atoms with Gasteiger partial charge >= 0.3 is 7.12 Å². The predicted octanol–water partition coefficient (Wildman–Crippen LogP) is 0.736. The summed E-state index contributed by atoms with van der Waals surface area (Å²) < 4.78 is 0. The Morgan fingerprint density at radius 1 is 1.12 bits per heavy atom. The number of hydrogen-bond donors (Lipinski definition) is 2. The van der Waals surface area contributed by atoms with Gasteiger partial charge in [-0.2, -0.15) is 0 Å². The third kappa shape index (κ3) is 0.963. The molecule has 2 nitrogen and oxygen atoms in total. The van der Waals surface area contributed by atoms with E-state index < -0.39 is 7.12 Å². The second-order valence-corrected chi connectivity index (χ2v) is 5.71. The van der Waals surface area contributed by atoms with E-state index in [1.54, 1.807) is 6.07 Å². The molecule has 3 fully saturated rings. The molecule has 16 heavy (non-hydrogen) atoms. The molecule has 3 unspecified atom stereocenters. The van der Waals surface area contributed by atoms with Crippen molar-refractivity contribution in [1.82, 2.24) is 0 Å². The third-order valence-corrected chi connectivity index (χ3v) is 5.20. The lowest BCUT2D eigenvalue weighted by Crippen LogP contribution is -2.66. The smallest absolute Gasteiger partial charge is 0.423 e. The van der Waals surface area contributed by atoms with Crippen molar-refractivity contribution in [3.8, 4) is 0 Å². The van der Waals surface area contributed by atoms with Crippen LogP contribution in [0.15, 0.2) is 24.3 Å². The van der Waals surface area contributed by atoms with Gasteiger partial charge in [0.2, 0.25) is 0 Å². The van der Waals surface area contributed by atoms with Crippen LogP contribution >= 0.6 is 0 Å². The molecule has 82 valence electrons. The molecule has 3 heteroatoms. The Bertz CT molecular complexity index is 431. The van der Waals surface area contributed by atoms with Crippen molar-refractivity contribution in [3.05, 3.63) is 29.8 Å². The summed E-state index contributed by atoms with van der Waals surface area (Å²) in [7, 11) is -1.33. The van der Waals surface area contributed by atoms with Crippen LogP contribution in [0.1, 0.15) is 24.3 Å². The maximum Gasteiger partial charge on any atom is 0.488 e. The molecule has 0 amide bonds. The maximum absolute atomic E-state index is 9.18. The molecular weight excluding hydrogens is 199 g/mol. The van der Waals surface area contributed by atoms with Gasteiger partial charge in [0, 0.05) is 0 Å². The first kappa shape index (κ1) is 9.26. The first-order valence-electron chi connectivity index (χ1n) is 6.21. The van der Waals surface area contributed by atoms with Gasteiger partial charge in [0.15, 0.2) is 0 Å². The van der Waals surface area contributed by atoms with E-state index in [9.17, 15) is 10.0 Å². The number of rotatable bonds is 2. The molecule has 0 aliphatic heterocycles. The Balaban J connectivity index is 1.65. The van der Waals surface area contributed by atoms with Gasteiger partial charge in [-0.05, 0) is 53.5 Å². The highest BCUT2D eigenvalue weighted by atomic mass is 16.4. The summed E-state index contributed by atoms with van der Waals surface area (Å²) in [5, 5.41) is 18.4. The number of hydrogen-bond acceptors (Lipinski definition) is 2. The molecule has 0 radical (unpaired) electrons. The molecule has 5 atom stereocenters. The molecule has 0 aromatic heterocycles. The van der Waals surface area contributed by atoms with Gasteiger partial charge in [-0.3, -0.25) is 0 Å². The number of benzene rings is 1. The van der Waals surface area contributed by atoms with Crippen LogP contribution in [0.25, 0.3) is 0 Å². The largest absolute Gasteiger partial charge is 0.488 e. The Hall–Kier alpha value is -0.795. The molecule has 1 aromatic carbocycles. The van der Waals surface area contributed by atoms with Crippen LogP contribution in [0.4, 0.5) is 0 Å². The van der Waals surface area contributed by atoms with Crippen molar-refractivity contribution in [2.24, 2.45) is 23.7 Å². The van der Waals surface area contributed by atoms with E-state index in [1.807, 2.05) is 12.1 Å². The van der Waals surface area contributed by atoms with Gasteiger partial charge in [0.1, 0.15) is 0 Å². The zero-order chi connectivity index (χ0) is 10.9. The molecule has 4 rings (SSSR count). The average Bonchev–Trinajstić information content (AvgIpc) is 2.28. The van der Waals surface area contributed by atoms with Crippen LogP contribution in [0, 0.1) is 23.7 Å². The fraction of sp³-hybridized carbons (Fsp3) is 0.538.